The normalized spacial score (nSPS) is 26.2. The number of amides is 3. The van der Waals surface area contributed by atoms with Crippen molar-refractivity contribution in [3.63, 3.8) is 0 Å². The van der Waals surface area contributed by atoms with Gasteiger partial charge in [0, 0.05) is 19.5 Å². The Bertz CT molecular complexity index is 899. The molecule has 1 aromatic carbocycles. The summed E-state index contributed by atoms with van der Waals surface area (Å²) in [6.07, 6.45) is 6.44. The summed E-state index contributed by atoms with van der Waals surface area (Å²) in [5, 5.41) is 2.89. The summed E-state index contributed by atoms with van der Waals surface area (Å²) in [5.74, 6) is -0.455. The second kappa shape index (κ2) is 9.22. The number of carbonyl (C=O) groups excluding carboxylic acids is 2. The van der Waals surface area contributed by atoms with E-state index in [1.54, 1.807) is 28.0 Å². The number of hydrogen-bond acceptors (Lipinski definition) is 2. The third kappa shape index (κ3) is 4.37. The fourth-order valence-corrected chi connectivity index (χ4v) is 5.11. The first-order chi connectivity index (χ1) is 15.0. The molecule has 3 amide bonds. The number of halogens is 1. The van der Waals surface area contributed by atoms with Gasteiger partial charge in [0.25, 0.3) is 5.91 Å². The topological polar surface area (TPSA) is 57.1 Å². The Kier molecular flexibility index (Phi) is 6.41. The highest BCUT2D eigenvalue weighted by molar-refractivity contribution is 6.01. The molecule has 1 unspecified atom stereocenters. The predicted molar refractivity (Wildman–Crippen MR) is 117 cm³/mol. The Labute approximate surface area is 183 Å². The highest BCUT2D eigenvalue weighted by atomic mass is 19.1. The van der Waals surface area contributed by atoms with Gasteiger partial charge in [-0.25, -0.2) is 9.18 Å². The van der Waals surface area contributed by atoms with Crippen LogP contribution >= 0.6 is 0 Å². The quantitative estimate of drug-likeness (QED) is 0.655. The molecule has 0 aliphatic carbocycles. The maximum Gasteiger partial charge on any atom is 0.322 e. The summed E-state index contributed by atoms with van der Waals surface area (Å²) >= 11 is 0. The molecule has 6 nitrogen and oxygen atoms in total. The number of urea groups is 1. The highest BCUT2D eigenvalue weighted by Gasteiger charge is 2.43. The molecule has 166 valence electrons. The summed E-state index contributed by atoms with van der Waals surface area (Å²) in [6.45, 7) is 9.71. The Hall–Kier alpha value is -2.67. The monoisotopic (exact) mass is 427 g/mol. The zero-order valence-electron chi connectivity index (χ0n) is 18.2. The number of rotatable bonds is 7. The zero-order chi connectivity index (χ0) is 22.0. The minimum Gasteiger partial charge on any atom is -0.333 e. The summed E-state index contributed by atoms with van der Waals surface area (Å²) in [7, 11) is 0. The van der Waals surface area contributed by atoms with Gasteiger partial charge in [0.05, 0.1) is 43.0 Å². The third-order valence-corrected chi connectivity index (χ3v) is 6.80. The SMILES string of the molecule is C=CCN1C(=O)N[C@@H](c2cccc(F)c2)C2=C1CN(CCC[NH+]1CCCC[C@@H]1C)C2=O. The van der Waals surface area contributed by atoms with Gasteiger partial charge in [-0.05, 0) is 43.9 Å². The van der Waals surface area contributed by atoms with Crippen LogP contribution in [0.1, 0.15) is 44.2 Å². The Balaban J connectivity index is 1.52. The molecule has 4 rings (SSSR count). The number of benzene rings is 1. The maximum atomic E-state index is 13.9. The first kappa shape index (κ1) is 21.6. The molecule has 1 aromatic rings. The van der Waals surface area contributed by atoms with E-state index < -0.39 is 6.04 Å². The molecular formula is C24H32FN4O2+. The molecular weight excluding hydrogens is 395 g/mol. The van der Waals surface area contributed by atoms with Crippen molar-refractivity contribution in [1.29, 1.82) is 0 Å². The van der Waals surface area contributed by atoms with E-state index in [0.717, 1.165) is 13.0 Å². The van der Waals surface area contributed by atoms with E-state index in [1.165, 1.54) is 37.9 Å². The van der Waals surface area contributed by atoms with Crippen LogP contribution in [0.4, 0.5) is 9.18 Å². The van der Waals surface area contributed by atoms with E-state index >= 15 is 0 Å². The fraction of sp³-hybridized carbons (Fsp3) is 0.500. The second-order valence-electron chi connectivity index (χ2n) is 8.83. The van der Waals surface area contributed by atoms with Gasteiger partial charge in [0.1, 0.15) is 5.82 Å². The highest BCUT2D eigenvalue weighted by Crippen LogP contribution is 2.36. The average Bonchev–Trinajstić information content (AvgIpc) is 3.07. The van der Waals surface area contributed by atoms with Gasteiger partial charge in [-0.1, -0.05) is 18.2 Å². The number of likely N-dealkylation sites (tertiary alicyclic amines) is 1. The van der Waals surface area contributed by atoms with E-state index in [1.807, 2.05) is 4.90 Å². The molecule has 7 heteroatoms. The summed E-state index contributed by atoms with van der Waals surface area (Å²) in [5.41, 5.74) is 1.84. The van der Waals surface area contributed by atoms with E-state index in [4.69, 9.17) is 0 Å². The third-order valence-electron chi connectivity index (χ3n) is 6.80. The molecule has 0 spiro atoms. The first-order valence-corrected chi connectivity index (χ1v) is 11.3. The number of hydrogen-bond donors (Lipinski definition) is 2. The standard InChI is InChI=1S/C24H31FN4O2/c1-3-11-29-20-16-28(14-7-13-27-12-5-4-8-17(27)2)23(30)21(20)22(26-24(29)31)18-9-6-10-19(25)15-18/h3,6,9-10,15,17,22H,1,4-5,7-8,11-14,16H2,2H3,(H,26,31)/p+1/t17-,22-/m0/s1. The minimum atomic E-state index is -0.635. The smallest absolute Gasteiger partial charge is 0.322 e. The lowest BCUT2D eigenvalue weighted by Gasteiger charge is -2.33. The van der Waals surface area contributed by atoms with Crippen LogP contribution < -0.4 is 10.2 Å². The van der Waals surface area contributed by atoms with Crippen LogP contribution in [-0.2, 0) is 4.79 Å². The largest absolute Gasteiger partial charge is 0.333 e. The zero-order valence-corrected chi connectivity index (χ0v) is 18.2. The lowest BCUT2D eigenvalue weighted by atomic mass is 9.95. The van der Waals surface area contributed by atoms with Crippen molar-refractivity contribution in [2.24, 2.45) is 0 Å². The molecule has 3 atom stereocenters. The van der Waals surface area contributed by atoms with E-state index in [0.29, 0.717) is 42.5 Å². The predicted octanol–water partition coefficient (Wildman–Crippen LogP) is 2.02. The van der Waals surface area contributed by atoms with Gasteiger partial charge in [-0.15, -0.1) is 6.58 Å². The van der Waals surface area contributed by atoms with Crippen molar-refractivity contribution < 1.29 is 18.9 Å². The lowest BCUT2D eigenvalue weighted by Crippen LogP contribution is -3.16. The summed E-state index contributed by atoms with van der Waals surface area (Å²) in [6, 6.07) is 5.86. The molecule has 0 bridgehead atoms. The molecule has 1 saturated heterocycles. The first-order valence-electron chi connectivity index (χ1n) is 11.3. The summed E-state index contributed by atoms with van der Waals surface area (Å²) in [4.78, 5) is 31.2. The van der Waals surface area contributed by atoms with Crippen molar-refractivity contribution in [2.75, 3.05) is 32.7 Å². The Morgan fingerprint density at radius 2 is 2.16 bits per heavy atom. The maximum absolute atomic E-state index is 13.9. The van der Waals surface area contributed by atoms with Gasteiger partial charge >= 0.3 is 6.03 Å². The number of quaternary nitrogens is 1. The van der Waals surface area contributed by atoms with E-state index in [9.17, 15) is 14.0 Å². The Morgan fingerprint density at radius 3 is 2.90 bits per heavy atom. The number of piperidine rings is 1. The van der Waals surface area contributed by atoms with Gasteiger partial charge in [-0.3, -0.25) is 9.69 Å². The van der Waals surface area contributed by atoms with Crippen LogP contribution in [0.5, 0.6) is 0 Å². The molecule has 31 heavy (non-hydrogen) atoms. The van der Waals surface area contributed by atoms with Gasteiger partial charge < -0.3 is 15.1 Å². The van der Waals surface area contributed by atoms with Crippen LogP contribution in [0, 0.1) is 5.82 Å². The fourth-order valence-electron chi connectivity index (χ4n) is 5.11. The van der Waals surface area contributed by atoms with E-state index in [2.05, 4.69) is 18.8 Å². The molecule has 1 fully saturated rings. The minimum absolute atomic E-state index is 0.0694. The van der Waals surface area contributed by atoms with Gasteiger partial charge in [0.2, 0.25) is 0 Å². The van der Waals surface area contributed by atoms with Crippen molar-refractivity contribution in [3.8, 4) is 0 Å². The molecule has 0 radical (unpaired) electrons. The van der Waals surface area contributed by atoms with Crippen LogP contribution in [0.15, 0.2) is 48.2 Å². The lowest BCUT2D eigenvalue weighted by molar-refractivity contribution is -0.928. The molecule has 3 heterocycles. The van der Waals surface area contributed by atoms with Crippen molar-refractivity contribution in [2.45, 2.75) is 44.7 Å². The molecule has 2 N–H and O–H groups in total. The second-order valence-corrected chi connectivity index (χ2v) is 8.83. The Morgan fingerprint density at radius 1 is 1.32 bits per heavy atom. The van der Waals surface area contributed by atoms with Crippen molar-refractivity contribution in [3.05, 3.63) is 59.6 Å². The summed E-state index contributed by atoms with van der Waals surface area (Å²) < 4.78 is 13.9. The number of nitrogens with one attached hydrogen (secondary N) is 2. The van der Waals surface area contributed by atoms with Crippen LogP contribution in [0.2, 0.25) is 0 Å². The average molecular weight is 428 g/mol. The van der Waals surface area contributed by atoms with Crippen LogP contribution in [0.25, 0.3) is 0 Å². The van der Waals surface area contributed by atoms with Crippen LogP contribution in [0.3, 0.4) is 0 Å². The van der Waals surface area contributed by atoms with Gasteiger partial charge in [0.15, 0.2) is 0 Å². The molecule has 3 aliphatic heterocycles. The molecule has 0 saturated carbocycles. The molecule has 0 aromatic heterocycles. The van der Waals surface area contributed by atoms with Crippen LogP contribution in [-0.4, -0.2) is 60.5 Å². The van der Waals surface area contributed by atoms with Crippen molar-refractivity contribution >= 4 is 11.9 Å². The molecule has 3 aliphatic rings. The number of nitrogens with zero attached hydrogens (tertiary/aromatic N) is 2. The van der Waals surface area contributed by atoms with Gasteiger partial charge in [-0.2, -0.15) is 0 Å². The van der Waals surface area contributed by atoms with E-state index in [-0.39, 0.29) is 17.8 Å². The number of carbonyl (C=O) groups is 2. The van der Waals surface area contributed by atoms with Crippen molar-refractivity contribution in [1.82, 2.24) is 15.1 Å².